The molecule has 0 fully saturated rings. The van der Waals surface area contributed by atoms with Crippen molar-refractivity contribution < 1.29 is 4.42 Å². The van der Waals surface area contributed by atoms with E-state index in [1.54, 1.807) is 0 Å². The van der Waals surface area contributed by atoms with Crippen molar-refractivity contribution in [3.8, 4) is 50.2 Å². The summed E-state index contributed by atoms with van der Waals surface area (Å²) in [5.74, 6) is 0. The Morgan fingerprint density at radius 2 is 0.753 bits per heavy atom. The maximum atomic E-state index is 6.26. The van der Waals surface area contributed by atoms with Crippen LogP contribution in [0.1, 0.15) is 44.5 Å². The van der Waals surface area contributed by atoms with Gasteiger partial charge >= 0.3 is 0 Å². The highest BCUT2D eigenvalue weighted by Crippen LogP contribution is 2.64. The number of rotatable bonds is 4. The molecule has 14 aromatic rings. The fourth-order valence-corrected chi connectivity index (χ4v) is 15.1. The van der Waals surface area contributed by atoms with E-state index in [2.05, 4.69) is 264 Å². The second-order valence-electron chi connectivity index (χ2n) is 21.4. The molecule has 12 aromatic carbocycles. The van der Waals surface area contributed by atoms with Gasteiger partial charge in [-0.2, -0.15) is 0 Å². The zero-order valence-electron chi connectivity index (χ0n) is 41.7. The maximum Gasteiger partial charge on any atom is 0.135 e. The maximum absolute atomic E-state index is 6.26. The summed E-state index contributed by atoms with van der Waals surface area (Å²) in [4.78, 5) is 2.49. The van der Waals surface area contributed by atoms with Crippen molar-refractivity contribution in [2.24, 2.45) is 0 Å². The van der Waals surface area contributed by atoms with Gasteiger partial charge in [0.25, 0.3) is 0 Å². The minimum atomic E-state index is -0.482. The molecule has 3 nitrogen and oxygen atoms in total. The Bertz CT molecular complexity index is 4780. The molecule has 77 heavy (non-hydrogen) atoms. The lowest BCUT2D eigenvalue weighted by atomic mass is 9.65. The largest absolute Gasteiger partial charge is 0.456 e. The van der Waals surface area contributed by atoms with Crippen molar-refractivity contribution in [1.82, 2.24) is 4.57 Å². The third-order valence-corrected chi connectivity index (χ3v) is 18.0. The Morgan fingerprint density at radius 3 is 1.40 bits per heavy atom. The van der Waals surface area contributed by atoms with Crippen LogP contribution in [0.4, 0.5) is 17.1 Å². The zero-order chi connectivity index (χ0) is 50.1. The van der Waals surface area contributed by atoms with Gasteiger partial charge in [0.15, 0.2) is 0 Å². The van der Waals surface area contributed by atoms with Crippen LogP contribution in [0.3, 0.4) is 0 Å². The SMILES string of the molecule is c1ccc2c(c1)-c1ccccc1C21c2ccccc2-c2ccc(N(c3ccc(-c4ccc5oc6ccccc6c5c4)cc3)c3ccc4c(c3)c3cccc5c3n4-c3ccccc3C53c4ccccc4-c4ccccc43)cc21. The average molecular weight is 977 g/mol. The van der Waals surface area contributed by atoms with E-state index in [0.717, 1.165) is 50.1 Å². The summed E-state index contributed by atoms with van der Waals surface area (Å²) in [5.41, 5.74) is 28.5. The van der Waals surface area contributed by atoms with Crippen molar-refractivity contribution >= 4 is 60.8 Å². The first-order chi connectivity index (χ1) is 38.2. The van der Waals surface area contributed by atoms with Gasteiger partial charge in [-0.25, -0.2) is 0 Å². The Hall–Kier alpha value is -9.96. The number of hydrogen-bond donors (Lipinski definition) is 0. The molecule has 0 bridgehead atoms. The molecular weight excluding hydrogens is 933 g/mol. The number of furan rings is 1. The van der Waals surface area contributed by atoms with Gasteiger partial charge in [0.05, 0.1) is 27.6 Å². The van der Waals surface area contributed by atoms with Gasteiger partial charge in [-0.3, -0.25) is 0 Å². The van der Waals surface area contributed by atoms with E-state index in [9.17, 15) is 0 Å². The van der Waals surface area contributed by atoms with E-state index in [-0.39, 0.29) is 0 Å². The van der Waals surface area contributed by atoms with Gasteiger partial charge in [-0.1, -0.05) is 200 Å². The summed E-state index contributed by atoms with van der Waals surface area (Å²) in [6.07, 6.45) is 0. The smallest absolute Gasteiger partial charge is 0.135 e. The average Bonchev–Trinajstić information content (AvgIpc) is 4.46. The second-order valence-corrected chi connectivity index (χ2v) is 21.4. The van der Waals surface area contributed by atoms with Crippen LogP contribution in [0.25, 0.3) is 93.9 Å². The van der Waals surface area contributed by atoms with Crippen molar-refractivity contribution in [3.63, 3.8) is 0 Å². The highest BCUT2D eigenvalue weighted by molar-refractivity contribution is 6.14. The molecule has 2 aromatic heterocycles. The lowest BCUT2D eigenvalue weighted by Crippen LogP contribution is -2.33. The van der Waals surface area contributed by atoms with Crippen LogP contribution in [-0.2, 0) is 10.8 Å². The third kappa shape index (κ3) is 5.12. The van der Waals surface area contributed by atoms with Crippen LogP contribution in [0, 0.1) is 0 Å². The third-order valence-electron chi connectivity index (χ3n) is 18.0. The first-order valence-corrected chi connectivity index (χ1v) is 26.8. The highest BCUT2D eigenvalue weighted by atomic mass is 16.3. The van der Waals surface area contributed by atoms with E-state index in [0.29, 0.717) is 0 Å². The molecule has 0 unspecified atom stereocenters. The van der Waals surface area contributed by atoms with Gasteiger partial charge in [0.2, 0.25) is 0 Å². The predicted molar refractivity (Wildman–Crippen MR) is 315 cm³/mol. The van der Waals surface area contributed by atoms with Gasteiger partial charge in [0, 0.05) is 38.6 Å². The monoisotopic (exact) mass is 976 g/mol. The van der Waals surface area contributed by atoms with Crippen LogP contribution in [-0.4, -0.2) is 4.57 Å². The van der Waals surface area contributed by atoms with E-state index < -0.39 is 10.8 Å². The minimum Gasteiger partial charge on any atom is -0.456 e. The molecular formula is C74H44N2O. The number of aromatic nitrogens is 1. The van der Waals surface area contributed by atoms with Gasteiger partial charge < -0.3 is 13.9 Å². The number of nitrogens with zero attached hydrogens (tertiary/aromatic N) is 2. The fourth-order valence-electron chi connectivity index (χ4n) is 15.1. The summed E-state index contributed by atoms with van der Waals surface area (Å²) in [6, 6.07) is 100. The van der Waals surface area contributed by atoms with Gasteiger partial charge in [-0.15, -0.1) is 0 Å². The number of benzene rings is 12. The van der Waals surface area contributed by atoms with Crippen LogP contribution < -0.4 is 4.90 Å². The Morgan fingerprint density at radius 1 is 0.286 bits per heavy atom. The Kier molecular flexibility index (Phi) is 8.00. The molecule has 2 spiro atoms. The number of para-hydroxylation sites is 3. The summed E-state index contributed by atoms with van der Waals surface area (Å²) in [6.45, 7) is 0. The lowest BCUT2D eigenvalue weighted by Gasteiger charge is -2.39. The molecule has 3 heterocycles. The van der Waals surface area contributed by atoms with Crippen molar-refractivity contribution in [3.05, 3.63) is 311 Å². The topological polar surface area (TPSA) is 21.3 Å². The number of hydrogen-bond acceptors (Lipinski definition) is 2. The quantitative estimate of drug-likeness (QED) is 0.175. The van der Waals surface area contributed by atoms with Crippen molar-refractivity contribution in [2.45, 2.75) is 10.8 Å². The summed E-state index contributed by atoms with van der Waals surface area (Å²) in [7, 11) is 0. The zero-order valence-corrected chi connectivity index (χ0v) is 41.7. The van der Waals surface area contributed by atoms with E-state index >= 15 is 0 Å². The Balaban J connectivity index is 0.876. The molecule has 0 amide bonds. The second kappa shape index (κ2) is 14.9. The van der Waals surface area contributed by atoms with Crippen LogP contribution in [0.5, 0.6) is 0 Å². The molecule has 0 saturated carbocycles. The lowest BCUT2D eigenvalue weighted by molar-refractivity contribution is 0.669. The van der Waals surface area contributed by atoms with Crippen LogP contribution in [0.15, 0.2) is 271 Å². The summed E-state index contributed by atoms with van der Waals surface area (Å²) < 4.78 is 8.81. The molecule has 1 aliphatic heterocycles. The molecule has 4 aliphatic rings. The summed E-state index contributed by atoms with van der Waals surface area (Å²) >= 11 is 0. The van der Waals surface area contributed by atoms with Gasteiger partial charge in [-0.05, 0) is 156 Å². The van der Waals surface area contributed by atoms with Crippen molar-refractivity contribution in [2.75, 3.05) is 4.90 Å². The molecule has 3 heteroatoms. The van der Waals surface area contributed by atoms with Crippen LogP contribution in [0.2, 0.25) is 0 Å². The number of fused-ring (bicyclic) bond motifs is 25. The fraction of sp³-hybridized carbons (Fsp3) is 0.0270. The van der Waals surface area contributed by atoms with Crippen LogP contribution >= 0.6 is 0 Å². The molecule has 18 rings (SSSR count). The normalized spacial score (nSPS) is 14.2. The van der Waals surface area contributed by atoms with E-state index in [4.69, 9.17) is 4.42 Å². The molecule has 3 aliphatic carbocycles. The Labute approximate surface area is 444 Å². The first kappa shape index (κ1) is 41.4. The van der Waals surface area contributed by atoms with Crippen molar-refractivity contribution in [1.29, 1.82) is 0 Å². The standard InChI is InChI=1S/C74H44N2O/c1-7-23-60-50(16-1)51-17-2-8-24-61(51)73(60)62-25-9-5-20-54(62)55-39-37-49(44-67(55)73)75(47-35-32-45(33-36-47)46-34-41-71-59(42-46)56-21-6-14-31-70(56)77-71)48-38-40-68-58(43-48)57-22-15-29-66-72(57)76(68)69-30-13-12-28-65(69)74(66)63-26-10-3-18-52(63)53-19-4-11-27-64(53)74/h1-44H. The molecule has 0 saturated heterocycles. The summed E-state index contributed by atoms with van der Waals surface area (Å²) in [5, 5.41) is 4.72. The molecule has 0 atom stereocenters. The molecule has 356 valence electrons. The van der Waals surface area contributed by atoms with E-state index in [1.165, 1.54) is 105 Å². The van der Waals surface area contributed by atoms with Gasteiger partial charge in [0.1, 0.15) is 11.2 Å². The minimum absolute atomic E-state index is 0.477. The molecule has 0 N–H and O–H groups in total. The van der Waals surface area contributed by atoms with E-state index in [1.807, 2.05) is 12.1 Å². The molecule has 0 radical (unpaired) electrons. The highest BCUT2D eigenvalue weighted by Gasteiger charge is 2.53. The number of anilines is 3. The first-order valence-electron chi connectivity index (χ1n) is 26.8. The predicted octanol–water partition coefficient (Wildman–Crippen LogP) is 18.8.